The molecule has 0 saturated heterocycles. The number of benzene rings is 2. The van der Waals surface area contributed by atoms with Crippen molar-refractivity contribution in [2.24, 2.45) is 0 Å². The SMILES string of the molecule is COc1cccc(-n2ccc3c(nnc4c(-c5ccc(Br)cc5)c(C)nn43)c2=O)c1. The van der Waals surface area contributed by atoms with Crippen LogP contribution in [-0.4, -0.2) is 31.5 Å². The molecule has 0 atom stereocenters. The molecule has 0 fully saturated rings. The number of nitrogens with zero attached hydrogens (tertiary/aromatic N) is 5. The Hall–Kier alpha value is -3.52. The quantitative estimate of drug-likeness (QED) is 0.402. The van der Waals surface area contributed by atoms with Gasteiger partial charge >= 0.3 is 0 Å². The van der Waals surface area contributed by atoms with E-state index < -0.39 is 0 Å². The van der Waals surface area contributed by atoms with Gasteiger partial charge in [-0.1, -0.05) is 34.1 Å². The molecule has 0 spiro atoms. The Bertz CT molecular complexity index is 1470. The number of hydrogen-bond donors (Lipinski definition) is 0. The zero-order valence-corrected chi connectivity index (χ0v) is 17.8. The van der Waals surface area contributed by atoms with Crippen LogP contribution in [-0.2, 0) is 0 Å². The van der Waals surface area contributed by atoms with Crippen molar-refractivity contribution in [3.05, 3.63) is 81.3 Å². The largest absolute Gasteiger partial charge is 0.497 e. The van der Waals surface area contributed by atoms with Crippen molar-refractivity contribution in [2.75, 3.05) is 7.11 Å². The van der Waals surface area contributed by atoms with E-state index in [1.165, 1.54) is 4.57 Å². The van der Waals surface area contributed by atoms with Gasteiger partial charge in [-0.2, -0.15) is 5.10 Å². The first-order valence-electron chi connectivity index (χ1n) is 9.24. The van der Waals surface area contributed by atoms with Crippen LogP contribution in [0.5, 0.6) is 5.75 Å². The first kappa shape index (κ1) is 18.5. The van der Waals surface area contributed by atoms with E-state index in [1.54, 1.807) is 23.9 Å². The van der Waals surface area contributed by atoms with Gasteiger partial charge in [-0.15, -0.1) is 10.2 Å². The summed E-state index contributed by atoms with van der Waals surface area (Å²) in [5, 5.41) is 13.3. The van der Waals surface area contributed by atoms with Crippen molar-refractivity contribution >= 4 is 32.6 Å². The Kier molecular flexibility index (Phi) is 4.36. The van der Waals surface area contributed by atoms with Gasteiger partial charge in [-0.05, 0) is 42.8 Å². The second-order valence-electron chi connectivity index (χ2n) is 6.83. The molecular weight excluding hydrogens is 446 g/mol. The third-order valence-corrected chi connectivity index (χ3v) is 5.55. The number of aromatic nitrogens is 5. The number of fused-ring (bicyclic) bond motifs is 3. The van der Waals surface area contributed by atoms with E-state index in [9.17, 15) is 4.79 Å². The summed E-state index contributed by atoms with van der Waals surface area (Å²) in [5.74, 6) is 0.669. The molecule has 2 aromatic carbocycles. The van der Waals surface area contributed by atoms with Crippen molar-refractivity contribution in [3.63, 3.8) is 0 Å². The minimum absolute atomic E-state index is 0.248. The Balaban J connectivity index is 1.74. The fourth-order valence-corrected chi connectivity index (χ4v) is 3.84. The van der Waals surface area contributed by atoms with E-state index in [-0.39, 0.29) is 11.1 Å². The molecule has 0 N–H and O–H groups in total. The summed E-state index contributed by atoms with van der Waals surface area (Å²) in [6.07, 6.45) is 1.72. The van der Waals surface area contributed by atoms with Crippen LogP contribution in [0.4, 0.5) is 0 Å². The molecule has 3 heterocycles. The van der Waals surface area contributed by atoms with Gasteiger partial charge < -0.3 is 4.74 Å². The summed E-state index contributed by atoms with van der Waals surface area (Å²) in [6, 6.07) is 17.1. The smallest absolute Gasteiger partial charge is 0.285 e. The molecule has 0 aliphatic heterocycles. The minimum Gasteiger partial charge on any atom is -0.497 e. The number of hydrogen-bond acceptors (Lipinski definition) is 5. The molecule has 5 aromatic rings. The Morgan fingerprint density at radius 1 is 1.03 bits per heavy atom. The van der Waals surface area contributed by atoms with Gasteiger partial charge in [-0.3, -0.25) is 9.36 Å². The zero-order valence-electron chi connectivity index (χ0n) is 16.2. The van der Waals surface area contributed by atoms with E-state index in [0.29, 0.717) is 22.6 Å². The first-order chi connectivity index (χ1) is 14.6. The second kappa shape index (κ2) is 7.07. The summed E-state index contributed by atoms with van der Waals surface area (Å²) >= 11 is 3.46. The lowest BCUT2D eigenvalue weighted by Crippen LogP contribution is -2.20. The molecule has 3 aromatic heterocycles. The summed E-state index contributed by atoms with van der Waals surface area (Å²) in [6.45, 7) is 1.93. The molecular formula is C22H16BrN5O2. The van der Waals surface area contributed by atoms with E-state index in [2.05, 4.69) is 31.2 Å². The summed E-state index contributed by atoms with van der Waals surface area (Å²) < 4.78 is 9.47. The zero-order chi connectivity index (χ0) is 20.8. The lowest BCUT2D eigenvalue weighted by atomic mass is 10.1. The fourth-order valence-electron chi connectivity index (χ4n) is 3.57. The van der Waals surface area contributed by atoms with E-state index >= 15 is 0 Å². The fraction of sp³-hybridized carbons (Fsp3) is 0.0909. The van der Waals surface area contributed by atoms with Crippen molar-refractivity contribution in [1.29, 1.82) is 0 Å². The molecule has 5 rings (SSSR count). The van der Waals surface area contributed by atoms with Gasteiger partial charge in [0.05, 0.1) is 24.1 Å². The van der Waals surface area contributed by atoms with Crippen molar-refractivity contribution in [2.45, 2.75) is 6.92 Å². The van der Waals surface area contributed by atoms with Crippen LogP contribution in [0.1, 0.15) is 5.69 Å². The highest BCUT2D eigenvalue weighted by Crippen LogP contribution is 2.29. The van der Waals surface area contributed by atoms with Crippen LogP contribution in [0.2, 0.25) is 0 Å². The van der Waals surface area contributed by atoms with Gasteiger partial charge in [0.15, 0.2) is 11.2 Å². The molecule has 0 aliphatic carbocycles. The van der Waals surface area contributed by atoms with E-state index in [1.807, 2.05) is 55.5 Å². The third-order valence-electron chi connectivity index (χ3n) is 5.02. The van der Waals surface area contributed by atoms with Crippen LogP contribution in [0.3, 0.4) is 0 Å². The minimum atomic E-state index is -0.270. The van der Waals surface area contributed by atoms with E-state index in [0.717, 1.165) is 21.3 Å². The van der Waals surface area contributed by atoms with E-state index in [4.69, 9.17) is 4.74 Å². The van der Waals surface area contributed by atoms with Crippen LogP contribution < -0.4 is 10.3 Å². The predicted octanol–water partition coefficient (Wildman–Crippen LogP) is 4.17. The third kappa shape index (κ3) is 2.88. The number of methoxy groups -OCH3 is 1. The highest BCUT2D eigenvalue weighted by atomic mass is 79.9. The van der Waals surface area contributed by atoms with Gasteiger partial charge in [0.2, 0.25) is 0 Å². The molecule has 0 unspecified atom stereocenters. The van der Waals surface area contributed by atoms with Crippen LogP contribution in [0, 0.1) is 6.92 Å². The number of aryl methyl sites for hydroxylation is 1. The number of rotatable bonds is 3. The lowest BCUT2D eigenvalue weighted by Gasteiger charge is -2.09. The summed E-state index contributed by atoms with van der Waals surface area (Å²) in [4.78, 5) is 13.1. The van der Waals surface area contributed by atoms with Crippen LogP contribution >= 0.6 is 15.9 Å². The molecule has 7 nitrogen and oxygen atoms in total. The maximum Gasteiger partial charge on any atom is 0.285 e. The summed E-state index contributed by atoms with van der Waals surface area (Å²) in [7, 11) is 1.59. The van der Waals surface area contributed by atoms with Gasteiger partial charge in [0.25, 0.3) is 5.56 Å². The van der Waals surface area contributed by atoms with Crippen molar-refractivity contribution in [3.8, 4) is 22.6 Å². The molecule has 0 amide bonds. The molecule has 0 aliphatic rings. The van der Waals surface area contributed by atoms with Crippen molar-refractivity contribution < 1.29 is 4.74 Å². The number of ether oxygens (including phenoxy) is 1. The molecule has 0 radical (unpaired) electrons. The highest BCUT2D eigenvalue weighted by Gasteiger charge is 2.17. The van der Waals surface area contributed by atoms with Gasteiger partial charge in [-0.25, -0.2) is 4.52 Å². The Labute approximate surface area is 179 Å². The monoisotopic (exact) mass is 461 g/mol. The van der Waals surface area contributed by atoms with Crippen LogP contribution in [0.15, 0.2) is 70.1 Å². The van der Waals surface area contributed by atoms with Crippen molar-refractivity contribution in [1.82, 2.24) is 24.4 Å². The number of pyridine rings is 1. The maximum absolute atomic E-state index is 13.1. The van der Waals surface area contributed by atoms with Crippen LogP contribution in [0.25, 0.3) is 33.5 Å². The predicted molar refractivity (Wildman–Crippen MR) is 118 cm³/mol. The summed E-state index contributed by atoms with van der Waals surface area (Å²) in [5.41, 5.74) is 4.59. The standard InChI is InChI=1S/C22H16BrN5O2/c1-13-19(14-6-8-15(23)9-7-14)21-25-24-20-18(28(21)26-13)10-11-27(22(20)29)16-4-3-5-17(12-16)30-2/h3-12H,1-2H3. The average Bonchev–Trinajstić information content (AvgIpc) is 3.11. The lowest BCUT2D eigenvalue weighted by molar-refractivity contribution is 0.414. The van der Waals surface area contributed by atoms with Gasteiger partial charge in [0.1, 0.15) is 11.3 Å². The molecule has 148 valence electrons. The number of halogens is 1. The normalized spacial score (nSPS) is 11.3. The molecule has 8 heteroatoms. The maximum atomic E-state index is 13.1. The second-order valence-corrected chi connectivity index (χ2v) is 7.74. The Morgan fingerprint density at radius 2 is 1.83 bits per heavy atom. The molecule has 30 heavy (non-hydrogen) atoms. The molecule has 0 bridgehead atoms. The highest BCUT2D eigenvalue weighted by molar-refractivity contribution is 9.10. The van der Waals surface area contributed by atoms with Gasteiger partial charge in [0, 0.05) is 16.7 Å². The first-order valence-corrected chi connectivity index (χ1v) is 10.0. The average molecular weight is 462 g/mol. The Morgan fingerprint density at radius 3 is 2.60 bits per heavy atom. The topological polar surface area (TPSA) is 74.3 Å². The molecule has 0 saturated carbocycles.